The topological polar surface area (TPSA) is 59.6 Å². The van der Waals surface area contributed by atoms with E-state index in [4.69, 9.17) is 9.47 Å². The third kappa shape index (κ3) is 4.60. The first-order valence-corrected chi connectivity index (χ1v) is 8.93. The van der Waals surface area contributed by atoms with E-state index in [2.05, 4.69) is 26.6 Å². The van der Waals surface area contributed by atoms with Gasteiger partial charge in [-0.05, 0) is 47.5 Å². The van der Waals surface area contributed by atoms with Crippen molar-refractivity contribution in [3.05, 3.63) is 64.6 Å². The van der Waals surface area contributed by atoms with Crippen molar-refractivity contribution in [2.45, 2.75) is 31.8 Å². The van der Waals surface area contributed by atoms with Gasteiger partial charge in [0, 0.05) is 4.47 Å². The zero-order chi connectivity index (χ0) is 17.9. The molecule has 2 atom stereocenters. The molecular weight excluding hydrogens is 384 g/mol. The number of hydrogen-bond donors (Lipinski definition) is 2. The normalized spacial score (nSPS) is 22.2. The van der Waals surface area contributed by atoms with Crippen LogP contribution < -0.4 is 10.6 Å². The van der Waals surface area contributed by atoms with Crippen LogP contribution in [0.15, 0.2) is 59.1 Å². The van der Waals surface area contributed by atoms with Crippen molar-refractivity contribution < 1.29 is 14.3 Å². The molecule has 2 N–H and O–H groups in total. The van der Waals surface area contributed by atoms with Crippen LogP contribution in [0.4, 0.5) is 10.5 Å². The number of halogens is 1. The summed E-state index contributed by atoms with van der Waals surface area (Å²) in [6, 6.07) is 16.7. The van der Waals surface area contributed by atoms with Crippen molar-refractivity contribution in [1.82, 2.24) is 5.32 Å². The number of nitrogens with one attached hydrogen (secondary N) is 2. The van der Waals surface area contributed by atoms with E-state index in [1.807, 2.05) is 68.4 Å². The van der Waals surface area contributed by atoms with Gasteiger partial charge in [-0.3, -0.25) is 0 Å². The third-order valence-electron chi connectivity index (χ3n) is 3.95. The highest BCUT2D eigenvalue weighted by Crippen LogP contribution is 2.33. The van der Waals surface area contributed by atoms with E-state index in [9.17, 15) is 4.79 Å². The van der Waals surface area contributed by atoms with Gasteiger partial charge >= 0.3 is 6.03 Å². The standard InChI is InChI=1S/C19H21BrN2O3/c1-19(2)24-12-16(17(25-19)13-8-4-3-5-9-13)22-18(23)21-15-11-7-6-10-14(15)20/h3-11,16-17H,12H2,1-2H3,(H2,21,22,23). The van der Waals surface area contributed by atoms with Crippen LogP contribution >= 0.6 is 15.9 Å². The lowest BCUT2D eigenvalue weighted by molar-refractivity contribution is -0.284. The zero-order valence-corrected chi connectivity index (χ0v) is 15.7. The molecule has 132 valence electrons. The summed E-state index contributed by atoms with van der Waals surface area (Å²) in [5.74, 6) is -0.697. The molecule has 0 aromatic heterocycles. The highest BCUT2D eigenvalue weighted by atomic mass is 79.9. The van der Waals surface area contributed by atoms with Gasteiger partial charge < -0.3 is 20.1 Å². The molecule has 0 spiro atoms. The summed E-state index contributed by atoms with van der Waals surface area (Å²) in [6.45, 7) is 4.12. The van der Waals surface area contributed by atoms with Gasteiger partial charge in [-0.1, -0.05) is 42.5 Å². The summed E-state index contributed by atoms with van der Waals surface area (Å²) in [5, 5.41) is 5.80. The third-order valence-corrected chi connectivity index (χ3v) is 4.64. The smallest absolute Gasteiger partial charge is 0.319 e. The highest BCUT2D eigenvalue weighted by molar-refractivity contribution is 9.10. The number of ether oxygens (including phenoxy) is 2. The summed E-state index contributed by atoms with van der Waals surface area (Å²) >= 11 is 3.42. The van der Waals surface area contributed by atoms with Crippen molar-refractivity contribution in [3.63, 3.8) is 0 Å². The van der Waals surface area contributed by atoms with Gasteiger partial charge in [0.2, 0.25) is 0 Å². The Labute approximate surface area is 155 Å². The molecule has 1 heterocycles. The summed E-state index contributed by atoms with van der Waals surface area (Å²) in [6.07, 6.45) is -0.282. The molecule has 0 radical (unpaired) electrons. The zero-order valence-electron chi connectivity index (χ0n) is 14.2. The predicted octanol–water partition coefficient (Wildman–Crippen LogP) is 4.46. The highest BCUT2D eigenvalue weighted by Gasteiger charge is 2.38. The van der Waals surface area contributed by atoms with Gasteiger partial charge in [-0.15, -0.1) is 0 Å². The molecule has 2 unspecified atom stereocenters. The molecule has 0 saturated carbocycles. The molecule has 1 fully saturated rings. The first-order valence-electron chi connectivity index (χ1n) is 8.13. The lowest BCUT2D eigenvalue weighted by Gasteiger charge is -2.41. The number of para-hydroxylation sites is 1. The van der Waals surface area contributed by atoms with Crippen molar-refractivity contribution in [1.29, 1.82) is 0 Å². The van der Waals surface area contributed by atoms with E-state index < -0.39 is 5.79 Å². The number of carbonyl (C=O) groups is 1. The number of carbonyl (C=O) groups excluding carboxylic acids is 1. The number of amides is 2. The average Bonchev–Trinajstić information content (AvgIpc) is 2.59. The molecule has 0 aliphatic carbocycles. The van der Waals surface area contributed by atoms with Crippen molar-refractivity contribution >= 4 is 27.6 Å². The Morgan fingerprint density at radius 1 is 1.12 bits per heavy atom. The molecule has 1 saturated heterocycles. The maximum atomic E-state index is 12.4. The average molecular weight is 405 g/mol. The first kappa shape index (κ1) is 17.9. The summed E-state index contributed by atoms with van der Waals surface area (Å²) in [7, 11) is 0. The second kappa shape index (κ2) is 7.56. The molecule has 0 bridgehead atoms. The Morgan fingerprint density at radius 2 is 1.80 bits per heavy atom. The monoisotopic (exact) mass is 404 g/mol. The van der Waals surface area contributed by atoms with Crippen LogP contribution in [0.2, 0.25) is 0 Å². The molecule has 3 rings (SSSR count). The van der Waals surface area contributed by atoms with Crippen molar-refractivity contribution in [2.24, 2.45) is 0 Å². The van der Waals surface area contributed by atoms with Gasteiger partial charge in [0.15, 0.2) is 5.79 Å². The van der Waals surface area contributed by atoms with Crippen molar-refractivity contribution in [2.75, 3.05) is 11.9 Å². The van der Waals surface area contributed by atoms with Crippen LogP contribution in [0, 0.1) is 0 Å². The van der Waals surface area contributed by atoms with Gasteiger partial charge in [0.1, 0.15) is 6.10 Å². The lowest BCUT2D eigenvalue weighted by atomic mass is 10.0. The largest absolute Gasteiger partial charge is 0.348 e. The molecule has 1 aliphatic heterocycles. The SMILES string of the molecule is CC1(C)OCC(NC(=O)Nc2ccccc2Br)C(c2ccccc2)O1. The summed E-state index contributed by atoms with van der Waals surface area (Å²) in [5.41, 5.74) is 1.71. The fourth-order valence-corrected chi connectivity index (χ4v) is 3.13. The van der Waals surface area contributed by atoms with E-state index in [-0.39, 0.29) is 18.2 Å². The maximum Gasteiger partial charge on any atom is 0.319 e. The second-order valence-electron chi connectivity index (χ2n) is 6.34. The molecule has 2 aromatic carbocycles. The number of anilines is 1. The van der Waals surface area contributed by atoms with E-state index in [0.29, 0.717) is 12.3 Å². The number of rotatable bonds is 3. The molecule has 2 amide bonds. The van der Waals surface area contributed by atoms with Gasteiger partial charge in [0.25, 0.3) is 0 Å². The second-order valence-corrected chi connectivity index (χ2v) is 7.20. The van der Waals surface area contributed by atoms with Gasteiger partial charge in [-0.25, -0.2) is 4.79 Å². The number of urea groups is 1. The molecule has 5 nitrogen and oxygen atoms in total. The van der Waals surface area contributed by atoms with Gasteiger partial charge in [-0.2, -0.15) is 0 Å². The molecule has 2 aromatic rings. The minimum absolute atomic E-state index is 0.282. The predicted molar refractivity (Wildman–Crippen MR) is 100 cm³/mol. The van der Waals surface area contributed by atoms with Crippen LogP contribution in [0.3, 0.4) is 0 Å². The number of benzene rings is 2. The quantitative estimate of drug-likeness (QED) is 0.793. The summed E-state index contributed by atoms with van der Waals surface area (Å²) in [4.78, 5) is 12.4. The molecule has 6 heteroatoms. The minimum atomic E-state index is -0.697. The van der Waals surface area contributed by atoms with Crippen LogP contribution in [0.25, 0.3) is 0 Å². The Hall–Kier alpha value is -1.89. The van der Waals surface area contributed by atoms with Gasteiger partial charge in [0.05, 0.1) is 18.3 Å². The fraction of sp³-hybridized carbons (Fsp3) is 0.316. The van der Waals surface area contributed by atoms with E-state index in [1.165, 1.54) is 0 Å². The first-order chi connectivity index (χ1) is 11.9. The van der Waals surface area contributed by atoms with Crippen LogP contribution in [-0.4, -0.2) is 24.5 Å². The molecule has 25 heavy (non-hydrogen) atoms. The van der Waals surface area contributed by atoms with E-state index in [1.54, 1.807) is 0 Å². The van der Waals surface area contributed by atoms with E-state index >= 15 is 0 Å². The van der Waals surface area contributed by atoms with Crippen LogP contribution in [-0.2, 0) is 9.47 Å². The number of hydrogen-bond acceptors (Lipinski definition) is 3. The maximum absolute atomic E-state index is 12.4. The minimum Gasteiger partial charge on any atom is -0.348 e. The van der Waals surface area contributed by atoms with Crippen molar-refractivity contribution in [3.8, 4) is 0 Å². The van der Waals surface area contributed by atoms with Crippen LogP contribution in [0.5, 0.6) is 0 Å². The fourth-order valence-electron chi connectivity index (χ4n) is 2.75. The Kier molecular flexibility index (Phi) is 5.42. The van der Waals surface area contributed by atoms with Crippen LogP contribution in [0.1, 0.15) is 25.5 Å². The molecule has 1 aliphatic rings. The van der Waals surface area contributed by atoms with E-state index in [0.717, 1.165) is 10.0 Å². The lowest BCUT2D eigenvalue weighted by Crippen LogP contribution is -2.52. The Balaban J connectivity index is 1.73. The molecular formula is C19H21BrN2O3. The Morgan fingerprint density at radius 3 is 2.52 bits per heavy atom. The Bertz CT molecular complexity index is 736. The summed E-state index contributed by atoms with van der Waals surface area (Å²) < 4.78 is 12.6.